The van der Waals surface area contributed by atoms with Crippen LogP contribution in [0.1, 0.15) is 35.5 Å². The fourth-order valence-electron chi connectivity index (χ4n) is 3.07. The lowest BCUT2D eigenvalue weighted by molar-refractivity contribution is -0.140. The second-order valence-corrected chi connectivity index (χ2v) is 6.55. The lowest BCUT2D eigenvalue weighted by Gasteiger charge is -2.21. The Labute approximate surface area is 146 Å². The van der Waals surface area contributed by atoms with Crippen LogP contribution in [0.5, 0.6) is 0 Å². The number of aromatic nitrogens is 4. The predicted molar refractivity (Wildman–Crippen MR) is 86.2 cm³/mol. The van der Waals surface area contributed by atoms with Gasteiger partial charge >= 0.3 is 6.18 Å². The summed E-state index contributed by atoms with van der Waals surface area (Å²) in [6.07, 6.45) is -3.36. The number of nitrogens with one attached hydrogen (secondary N) is 1. The molecule has 0 bridgehead atoms. The highest BCUT2D eigenvalue weighted by Crippen LogP contribution is 2.49. The third-order valence-corrected chi connectivity index (χ3v) is 4.49. The van der Waals surface area contributed by atoms with Gasteiger partial charge < -0.3 is 5.32 Å². The fraction of sp³-hybridized carbons (Fsp3) is 0.353. The van der Waals surface area contributed by atoms with Gasteiger partial charge in [-0.15, -0.1) is 5.10 Å². The molecule has 0 aliphatic heterocycles. The van der Waals surface area contributed by atoms with Crippen LogP contribution in [0.25, 0.3) is 5.78 Å². The summed E-state index contributed by atoms with van der Waals surface area (Å²) < 4.78 is 53.9. The minimum atomic E-state index is -4.71. The van der Waals surface area contributed by atoms with E-state index >= 15 is 0 Å². The molecule has 1 aliphatic carbocycles. The van der Waals surface area contributed by atoms with Crippen LogP contribution in [0.4, 0.5) is 23.4 Å². The molecule has 0 radical (unpaired) electrons. The largest absolute Gasteiger partial charge is 0.419 e. The van der Waals surface area contributed by atoms with E-state index in [4.69, 9.17) is 0 Å². The second-order valence-electron chi connectivity index (χ2n) is 6.55. The molecule has 9 heteroatoms. The summed E-state index contributed by atoms with van der Waals surface area (Å²) in [5.41, 5.74) is -0.679. The molecule has 4 rings (SSSR count). The molecule has 26 heavy (non-hydrogen) atoms. The number of anilines is 1. The van der Waals surface area contributed by atoms with E-state index < -0.39 is 23.1 Å². The van der Waals surface area contributed by atoms with Crippen molar-refractivity contribution >= 4 is 11.6 Å². The Bertz CT molecular complexity index is 1000. The molecule has 2 heterocycles. The van der Waals surface area contributed by atoms with Crippen molar-refractivity contribution in [2.45, 2.75) is 38.4 Å². The molecule has 5 nitrogen and oxygen atoms in total. The SMILES string of the molecule is Cc1cc(NC2(c3ccc(C(F)(F)F)c(F)c3)CC2)n2nc(C)nc2n1. The lowest BCUT2D eigenvalue weighted by atomic mass is 10.0. The van der Waals surface area contributed by atoms with Gasteiger partial charge in [-0.2, -0.15) is 22.7 Å². The van der Waals surface area contributed by atoms with Crippen LogP contribution in [0, 0.1) is 19.7 Å². The first-order valence-electron chi connectivity index (χ1n) is 8.04. The van der Waals surface area contributed by atoms with Crippen LogP contribution in [-0.4, -0.2) is 19.6 Å². The molecular weight excluding hydrogens is 350 g/mol. The fourth-order valence-corrected chi connectivity index (χ4v) is 3.07. The minimum absolute atomic E-state index is 0.430. The number of fused-ring (bicyclic) bond motifs is 1. The molecule has 0 saturated heterocycles. The Hall–Kier alpha value is -2.71. The van der Waals surface area contributed by atoms with Crippen LogP contribution in [-0.2, 0) is 11.7 Å². The molecule has 0 amide bonds. The zero-order chi connectivity index (χ0) is 18.7. The summed E-state index contributed by atoms with van der Waals surface area (Å²) in [6, 6.07) is 4.85. The van der Waals surface area contributed by atoms with E-state index in [1.165, 1.54) is 6.07 Å². The van der Waals surface area contributed by atoms with Crippen molar-refractivity contribution in [1.29, 1.82) is 0 Å². The zero-order valence-corrected chi connectivity index (χ0v) is 14.0. The maximum atomic E-state index is 14.0. The van der Waals surface area contributed by atoms with Crippen LogP contribution in [0.15, 0.2) is 24.3 Å². The van der Waals surface area contributed by atoms with Crippen molar-refractivity contribution in [2.24, 2.45) is 0 Å². The highest BCUT2D eigenvalue weighted by atomic mass is 19.4. The van der Waals surface area contributed by atoms with Crippen LogP contribution < -0.4 is 5.32 Å². The first-order valence-corrected chi connectivity index (χ1v) is 8.04. The number of hydrogen-bond donors (Lipinski definition) is 1. The van der Waals surface area contributed by atoms with Crippen molar-refractivity contribution in [2.75, 3.05) is 5.32 Å². The van der Waals surface area contributed by atoms with Crippen LogP contribution in [0.3, 0.4) is 0 Å². The topological polar surface area (TPSA) is 55.1 Å². The molecule has 0 unspecified atom stereocenters. The standard InChI is InChI=1S/C17H15F4N5/c1-9-7-14(26-15(22-9)23-10(2)25-26)24-16(5-6-16)11-3-4-12(13(18)8-11)17(19,20)21/h3-4,7-8,24H,5-6H2,1-2H3. The van der Waals surface area contributed by atoms with Gasteiger partial charge in [0.05, 0.1) is 11.1 Å². The van der Waals surface area contributed by atoms with Crippen molar-refractivity contribution in [3.63, 3.8) is 0 Å². The van der Waals surface area contributed by atoms with Gasteiger partial charge in [-0.1, -0.05) is 6.07 Å². The van der Waals surface area contributed by atoms with E-state index in [0.29, 0.717) is 35.8 Å². The Morgan fingerprint density at radius 1 is 1.12 bits per heavy atom. The Kier molecular flexibility index (Phi) is 3.47. The molecule has 1 saturated carbocycles. The molecule has 136 valence electrons. The summed E-state index contributed by atoms with van der Waals surface area (Å²) in [4.78, 5) is 8.52. The maximum Gasteiger partial charge on any atom is 0.419 e. The summed E-state index contributed by atoms with van der Waals surface area (Å²) >= 11 is 0. The predicted octanol–water partition coefficient (Wildman–Crippen LogP) is 4.00. The molecule has 0 atom stereocenters. The smallest absolute Gasteiger partial charge is 0.360 e. The molecule has 3 aromatic rings. The van der Waals surface area contributed by atoms with E-state index in [-0.39, 0.29) is 0 Å². The van der Waals surface area contributed by atoms with Gasteiger partial charge in [0.15, 0.2) is 0 Å². The molecule has 1 aromatic carbocycles. The summed E-state index contributed by atoms with van der Waals surface area (Å²) in [5.74, 6) is 0.331. The Balaban J connectivity index is 1.72. The third-order valence-electron chi connectivity index (χ3n) is 4.49. The number of halogens is 4. The van der Waals surface area contributed by atoms with E-state index in [2.05, 4.69) is 20.4 Å². The van der Waals surface area contributed by atoms with Crippen molar-refractivity contribution in [3.8, 4) is 0 Å². The van der Waals surface area contributed by atoms with E-state index in [9.17, 15) is 17.6 Å². The first-order chi connectivity index (χ1) is 12.2. The summed E-state index contributed by atoms with van der Waals surface area (Å²) in [7, 11) is 0. The molecule has 1 aliphatic rings. The van der Waals surface area contributed by atoms with Gasteiger partial charge in [-0.05, 0) is 44.4 Å². The maximum absolute atomic E-state index is 14.0. The molecule has 1 N–H and O–H groups in total. The van der Waals surface area contributed by atoms with Crippen molar-refractivity contribution in [3.05, 3.63) is 52.7 Å². The quantitative estimate of drug-likeness (QED) is 0.713. The summed E-state index contributed by atoms with van der Waals surface area (Å²) in [6.45, 7) is 3.55. The first kappa shape index (κ1) is 16.7. The second kappa shape index (κ2) is 5.39. The van der Waals surface area contributed by atoms with Gasteiger partial charge in [0.1, 0.15) is 17.5 Å². The van der Waals surface area contributed by atoms with Crippen molar-refractivity contribution < 1.29 is 17.6 Å². The zero-order valence-electron chi connectivity index (χ0n) is 14.0. The number of aryl methyl sites for hydroxylation is 2. The molecular formula is C17H15F4N5. The highest BCUT2D eigenvalue weighted by Gasteiger charge is 2.46. The molecule has 1 fully saturated rings. The molecule has 2 aromatic heterocycles. The van der Waals surface area contributed by atoms with Gasteiger partial charge in [0.25, 0.3) is 5.78 Å². The number of rotatable bonds is 3. The normalized spacial score (nSPS) is 16.1. The lowest BCUT2D eigenvalue weighted by Crippen LogP contribution is -2.22. The Morgan fingerprint density at radius 2 is 1.85 bits per heavy atom. The number of benzene rings is 1. The average molecular weight is 365 g/mol. The number of alkyl halides is 3. The van der Waals surface area contributed by atoms with E-state index in [1.807, 2.05) is 6.92 Å². The average Bonchev–Trinajstić information content (AvgIpc) is 3.20. The van der Waals surface area contributed by atoms with E-state index in [1.54, 1.807) is 17.5 Å². The monoisotopic (exact) mass is 365 g/mol. The highest BCUT2D eigenvalue weighted by molar-refractivity contribution is 5.51. The summed E-state index contributed by atoms with van der Waals surface area (Å²) in [5, 5.41) is 7.58. The van der Waals surface area contributed by atoms with E-state index in [0.717, 1.165) is 17.8 Å². The third kappa shape index (κ3) is 2.77. The van der Waals surface area contributed by atoms with Gasteiger partial charge in [0.2, 0.25) is 0 Å². The minimum Gasteiger partial charge on any atom is -0.360 e. The molecule has 0 spiro atoms. The van der Waals surface area contributed by atoms with Gasteiger partial charge in [-0.25, -0.2) is 9.37 Å². The number of hydrogen-bond acceptors (Lipinski definition) is 4. The van der Waals surface area contributed by atoms with Gasteiger partial charge in [-0.3, -0.25) is 0 Å². The Morgan fingerprint density at radius 3 is 2.46 bits per heavy atom. The number of nitrogens with zero attached hydrogens (tertiary/aromatic N) is 4. The van der Waals surface area contributed by atoms with Crippen LogP contribution >= 0.6 is 0 Å². The van der Waals surface area contributed by atoms with Gasteiger partial charge in [0, 0.05) is 11.8 Å². The van der Waals surface area contributed by atoms with Crippen molar-refractivity contribution in [1.82, 2.24) is 19.6 Å². The van der Waals surface area contributed by atoms with Crippen LogP contribution in [0.2, 0.25) is 0 Å².